The fourth-order valence-electron chi connectivity index (χ4n) is 1.79. The van der Waals surface area contributed by atoms with Gasteiger partial charge in [-0.2, -0.15) is 0 Å². The predicted octanol–water partition coefficient (Wildman–Crippen LogP) is 2.96. The van der Waals surface area contributed by atoms with Gasteiger partial charge in [-0.15, -0.1) is 0 Å². The van der Waals surface area contributed by atoms with Gasteiger partial charge in [-0.05, 0) is 44.5 Å². The van der Waals surface area contributed by atoms with Crippen molar-refractivity contribution in [1.82, 2.24) is 5.32 Å². The molecule has 0 heterocycles. The first-order valence-corrected chi connectivity index (χ1v) is 7.45. The molecule has 0 atom stereocenters. The second-order valence-electron chi connectivity index (χ2n) is 4.47. The molecule has 0 radical (unpaired) electrons. The fourth-order valence-corrected chi connectivity index (χ4v) is 1.79. The van der Waals surface area contributed by atoms with E-state index in [9.17, 15) is 0 Å². The van der Waals surface area contributed by atoms with E-state index in [0.29, 0.717) is 19.8 Å². The summed E-state index contributed by atoms with van der Waals surface area (Å²) in [6, 6.07) is 8.12. The summed E-state index contributed by atoms with van der Waals surface area (Å²) in [6.45, 7) is 9.66. The van der Waals surface area contributed by atoms with Crippen LogP contribution in [0.25, 0.3) is 0 Å². The Hall–Kier alpha value is -1.10. The first kappa shape index (κ1) is 17.0. The minimum absolute atomic E-state index is 0.295. The molecule has 0 unspecified atom stereocenters. The van der Waals surface area contributed by atoms with Crippen LogP contribution in [0.3, 0.4) is 0 Å². The van der Waals surface area contributed by atoms with Crippen LogP contribution in [-0.4, -0.2) is 32.7 Å². The summed E-state index contributed by atoms with van der Waals surface area (Å²) in [5.74, 6) is 0.841. The molecule has 0 fully saturated rings. The molecule has 0 saturated heterocycles. The van der Waals surface area contributed by atoms with Crippen LogP contribution < -0.4 is 10.1 Å². The summed E-state index contributed by atoms with van der Waals surface area (Å²) >= 11 is 0. The highest BCUT2D eigenvalue weighted by Crippen LogP contribution is 2.13. The number of benzene rings is 1. The van der Waals surface area contributed by atoms with Gasteiger partial charge in [-0.3, -0.25) is 0 Å². The van der Waals surface area contributed by atoms with Gasteiger partial charge in [0.25, 0.3) is 0 Å². The van der Waals surface area contributed by atoms with Gasteiger partial charge in [0, 0.05) is 19.8 Å². The molecule has 1 rings (SSSR count). The molecule has 1 N–H and O–H groups in total. The van der Waals surface area contributed by atoms with Crippen molar-refractivity contribution in [3.8, 4) is 5.75 Å². The second kappa shape index (κ2) is 10.7. The first-order chi connectivity index (χ1) is 9.80. The molecule has 20 heavy (non-hydrogen) atoms. The van der Waals surface area contributed by atoms with E-state index in [1.807, 2.05) is 26.0 Å². The fraction of sp³-hybridized carbons (Fsp3) is 0.625. The number of hydrogen-bond acceptors (Lipinski definition) is 4. The highest BCUT2D eigenvalue weighted by molar-refractivity contribution is 5.27. The molecule has 4 nitrogen and oxygen atoms in total. The van der Waals surface area contributed by atoms with E-state index in [0.717, 1.165) is 25.3 Å². The largest absolute Gasteiger partial charge is 0.488 e. The van der Waals surface area contributed by atoms with Crippen molar-refractivity contribution in [2.75, 3.05) is 26.4 Å². The third kappa shape index (κ3) is 6.89. The van der Waals surface area contributed by atoms with Crippen molar-refractivity contribution in [2.24, 2.45) is 0 Å². The van der Waals surface area contributed by atoms with Crippen LogP contribution in [0.2, 0.25) is 0 Å². The molecule has 0 aromatic heterocycles. The maximum atomic E-state index is 5.68. The molecule has 0 aliphatic rings. The van der Waals surface area contributed by atoms with Crippen molar-refractivity contribution in [1.29, 1.82) is 0 Å². The van der Waals surface area contributed by atoms with Gasteiger partial charge in [0.15, 0.2) is 6.29 Å². The standard InChI is InChI=1S/C16H27NO3/c1-4-11-17-12-14-7-9-15(10-8-14)20-13-16(18-5-2)19-6-3/h7-10,16-17H,4-6,11-13H2,1-3H3. The van der Waals surface area contributed by atoms with Crippen LogP contribution in [-0.2, 0) is 16.0 Å². The predicted molar refractivity (Wildman–Crippen MR) is 81.0 cm³/mol. The summed E-state index contributed by atoms with van der Waals surface area (Å²) in [6.07, 6.45) is 0.855. The van der Waals surface area contributed by atoms with Crippen molar-refractivity contribution >= 4 is 0 Å². The molecule has 0 saturated carbocycles. The van der Waals surface area contributed by atoms with Gasteiger partial charge in [0.2, 0.25) is 0 Å². The molecular formula is C16H27NO3. The molecule has 0 spiro atoms. The Balaban J connectivity index is 2.36. The van der Waals surface area contributed by atoms with Crippen LogP contribution >= 0.6 is 0 Å². The average molecular weight is 281 g/mol. The number of hydrogen-bond donors (Lipinski definition) is 1. The highest BCUT2D eigenvalue weighted by atomic mass is 16.7. The molecular weight excluding hydrogens is 254 g/mol. The lowest BCUT2D eigenvalue weighted by Crippen LogP contribution is -2.25. The van der Waals surface area contributed by atoms with E-state index in [-0.39, 0.29) is 6.29 Å². The van der Waals surface area contributed by atoms with Gasteiger partial charge in [-0.1, -0.05) is 19.1 Å². The van der Waals surface area contributed by atoms with E-state index in [1.54, 1.807) is 0 Å². The van der Waals surface area contributed by atoms with E-state index in [2.05, 4.69) is 24.4 Å². The molecule has 0 aliphatic carbocycles. The Morgan fingerprint density at radius 3 is 2.20 bits per heavy atom. The minimum Gasteiger partial charge on any atom is -0.488 e. The lowest BCUT2D eigenvalue weighted by molar-refractivity contribution is -0.152. The van der Waals surface area contributed by atoms with Crippen LogP contribution in [0.1, 0.15) is 32.8 Å². The van der Waals surface area contributed by atoms with Crippen LogP contribution in [0.4, 0.5) is 0 Å². The zero-order chi connectivity index (χ0) is 14.6. The van der Waals surface area contributed by atoms with Gasteiger partial charge < -0.3 is 19.5 Å². The van der Waals surface area contributed by atoms with Crippen molar-refractivity contribution < 1.29 is 14.2 Å². The summed E-state index contributed by atoms with van der Waals surface area (Å²) < 4.78 is 16.6. The van der Waals surface area contributed by atoms with Crippen molar-refractivity contribution in [3.63, 3.8) is 0 Å². The SMILES string of the molecule is CCCNCc1ccc(OCC(OCC)OCC)cc1. The molecule has 4 heteroatoms. The van der Waals surface area contributed by atoms with E-state index in [1.165, 1.54) is 5.56 Å². The Kier molecular flexibility index (Phi) is 9.04. The summed E-state index contributed by atoms with van der Waals surface area (Å²) in [4.78, 5) is 0. The van der Waals surface area contributed by atoms with Crippen LogP contribution in [0, 0.1) is 0 Å². The lowest BCUT2D eigenvalue weighted by Gasteiger charge is -2.17. The monoisotopic (exact) mass is 281 g/mol. The van der Waals surface area contributed by atoms with E-state index < -0.39 is 0 Å². The normalized spacial score (nSPS) is 11.0. The highest BCUT2D eigenvalue weighted by Gasteiger charge is 2.08. The summed E-state index contributed by atoms with van der Waals surface area (Å²) in [7, 11) is 0. The summed E-state index contributed by atoms with van der Waals surface area (Å²) in [5, 5.41) is 3.37. The molecule has 1 aromatic carbocycles. The Morgan fingerprint density at radius 2 is 1.65 bits per heavy atom. The smallest absolute Gasteiger partial charge is 0.191 e. The van der Waals surface area contributed by atoms with Gasteiger partial charge in [0.1, 0.15) is 12.4 Å². The molecule has 0 aliphatic heterocycles. The van der Waals surface area contributed by atoms with Crippen LogP contribution in [0.5, 0.6) is 5.75 Å². The topological polar surface area (TPSA) is 39.7 Å². The van der Waals surface area contributed by atoms with Gasteiger partial charge in [0.05, 0.1) is 0 Å². The first-order valence-electron chi connectivity index (χ1n) is 7.45. The zero-order valence-corrected chi connectivity index (χ0v) is 12.9. The third-order valence-electron chi connectivity index (χ3n) is 2.77. The molecule has 1 aromatic rings. The third-order valence-corrected chi connectivity index (χ3v) is 2.77. The zero-order valence-electron chi connectivity index (χ0n) is 12.9. The number of rotatable bonds is 11. The quantitative estimate of drug-likeness (QED) is 0.500. The minimum atomic E-state index is -0.295. The summed E-state index contributed by atoms with van der Waals surface area (Å²) in [5.41, 5.74) is 1.26. The molecule has 0 amide bonds. The Labute approximate surface area is 122 Å². The van der Waals surface area contributed by atoms with Crippen molar-refractivity contribution in [3.05, 3.63) is 29.8 Å². The second-order valence-corrected chi connectivity index (χ2v) is 4.47. The Bertz CT molecular complexity index is 334. The lowest BCUT2D eigenvalue weighted by atomic mass is 10.2. The number of ether oxygens (including phenoxy) is 3. The van der Waals surface area contributed by atoms with E-state index in [4.69, 9.17) is 14.2 Å². The van der Waals surface area contributed by atoms with Gasteiger partial charge >= 0.3 is 0 Å². The van der Waals surface area contributed by atoms with E-state index >= 15 is 0 Å². The molecule has 114 valence electrons. The molecule has 0 bridgehead atoms. The number of nitrogens with one attached hydrogen (secondary N) is 1. The maximum absolute atomic E-state index is 5.68. The van der Waals surface area contributed by atoms with Crippen molar-refractivity contribution in [2.45, 2.75) is 40.0 Å². The average Bonchev–Trinajstić information content (AvgIpc) is 2.47. The maximum Gasteiger partial charge on any atom is 0.191 e. The Morgan fingerprint density at radius 1 is 1.00 bits per heavy atom. The van der Waals surface area contributed by atoms with Gasteiger partial charge in [-0.25, -0.2) is 0 Å². The van der Waals surface area contributed by atoms with Crippen LogP contribution in [0.15, 0.2) is 24.3 Å².